The zero-order chi connectivity index (χ0) is 13.8. The highest BCUT2D eigenvalue weighted by atomic mass is 35.5. The lowest BCUT2D eigenvalue weighted by molar-refractivity contribution is 0.0697. The van der Waals surface area contributed by atoms with E-state index in [2.05, 4.69) is 4.72 Å². The van der Waals surface area contributed by atoms with Gasteiger partial charge in [0.1, 0.15) is 0 Å². The molecule has 18 heavy (non-hydrogen) atoms. The van der Waals surface area contributed by atoms with Gasteiger partial charge in [-0.05, 0) is 31.0 Å². The highest BCUT2D eigenvalue weighted by Gasteiger charge is 2.13. The third-order valence-electron chi connectivity index (χ3n) is 2.30. The maximum Gasteiger partial charge on any atom is 0.335 e. The standard InChI is InChI=1S/C11H14ClNO4S/c1-8-3-4-9(11(14)15)7-10(8)13-18(16,17)6-2-5-12/h3-4,7,13H,2,5-6H2,1H3,(H,14,15). The minimum Gasteiger partial charge on any atom is -0.478 e. The third kappa shape index (κ3) is 4.19. The quantitative estimate of drug-likeness (QED) is 0.786. The largest absolute Gasteiger partial charge is 0.478 e. The van der Waals surface area contributed by atoms with Gasteiger partial charge in [0.2, 0.25) is 10.0 Å². The molecule has 0 saturated heterocycles. The first-order chi connectivity index (χ1) is 8.35. The Kier molecular flexibility index (Phi) is 4.98. The SMILES string of the molecule is Cc1ccc(C(=O)O)cc1NS(=O)(=O)CCCCl. The monoisotopic (exact) mass is 291 g/mol. The fourth-order valence-electron chi connectivity index (χ4n) is 1.33. The van der Waals surface area contributed by atoms with Gasteiger partial charge < -0.3 is 5.11 Å². The van der Waals surface area contributed by atoms with Crippen molar-refractivity contribution in [2.24, 2.45) is 0 Å². The molecular weight excluding hydrogens is 278 g/mol. The Bertz CT molecular complexity index is 542. The molecule has 0 aliphatic rings. The Morgan fingerprint density at radius 3 is 2.67 bits per heavy atom. The van der Waals surface area contributed by atoms with E-state index in [-0.39, 0.29) is 22.9 Å². The van der Waals surface area contributed by atoms with Crippen LogP contribution in [-0.4, -0.2) is 31.1 Å². The summed E-state index contributed by atoms with van der Waals surface area (Å²) in [5, 5.41) is 8.85. The molecule has 7 heteroatoms. The topological polar surface area (TPSA) is 83.5 Å². The van der Waals surface area contributed by atoms with E-state index in [4.69, 9.17) is 16.7 Å². The van der Waals surface area contributed by atoms with Crippen LogP contribution >= 0.6 is 11.6 Å². The van der Waals surface area contributed by atoms with E-state index in [1.165, 1.54) is 12.1 Å². The van der Waals surface area contributed by atoms with Crippen LogP contribution in [0.25, 0.3) is 0 Å². The van der Waals surface area contributed by atoms with Crippen molar-refractivity contribution in [2.45, 2.75) is 13.3 Å². The maximum atomic E-state index is 11.7. The summed E-state index contributed by atoms with van der Waals surface area (Å²) in [4.78, 5) is 10.8. The summed E-state index contributed by atoms with van der Waals surface area (Å²) in [5.74, 6) is -0.932. The van der Waals surface area contributed by atoms with Gasteiger partial charge >= 0.3 is 5.97 Å². The van der Waals surface area contributed by atoms with Gasteiger partial charge in [-0.25, -0.2) is 13.2 Å². The molecule has 5 nitrogen and oxygen atoms in total. The molecule has 100 valence electrons. The van der Waals surface area contributed by atoms with Crippen LogP contribution in [0.5, 0.6) is 0 Å². The molecule has 0 fully saturated rings. The van der Waals surface area contributed by atoms with Crippen LogP contribution in [0.2, 0.25) is 0 Å². The molecule has 0 spiro atoms. The van der Waals surface area contributed by atoms with Crippen LogP contribution < -0.4 is 4.72 Å². The molecule has 2 N–H and O–H groups in total. The molecule has 0 aromatic heterocycles. The normalized spacial score (nSPS) is 11.2. The second-order valence-electron chi connectivity index (χ2n) is 3.80. The average Bonchev–Trinajstić information content (AvgIpc) is 2.29. The molecule has 1 rings (SSSR count). The summed E-state index contributed by atoms with van der Waals surface area (Å²) in [7, 11) is -3.49. The smallest absolute Gasteiger partial charge is 0.335 e. The number of benzene rings is 1. The first-order valence-corrected chi connectivity index (χ1v) is 7.45. The molecule has 0 aliphatic heterocycles. The molecule has 0 saturated carbocycles. The van der Waals surface area contributed by atoms with Crippen LogP contribution in [0.1, 0.15) is 22.3 Å². The maximum absolute atomic E-state index is 11.7. The van der Waals surface area contributed by atoms with Crippen LogP contribution in [0.3, 0.4) is 0 Å². The van der Waals surface area contributed by atoms with E-state index in [0.29, 0.717) is 12.0 Å². The van der Waals surface area contributed by atoms with E-state index in [1.54, 1.807) is 13.0 Å². The number of carbonyl (C=O) groups is 1. The fourth-order valence-corrected chi connectivity index (χ4v) is 2.80. The Morgan fingerprint density at radius 1 is 1.44 bits per heavy atom. The van der Waals surface area contributed by atoms with Crippen LogP contribution in [-0.2, 0) is 10.0 Å². The second kappa shape index (κ2) is 6.06. The molecule has 0 amide bonds. The van der Waals surface area contributed by atoms with Crippen LogP contribution in [0, 0.1) is 6.92 Å². The number of alkyl halides is 1. The third-order valence-corrected chi connectivity index (χ3v) is 3.92. The predicted molar refractivity (Wildman–Crippen MR) is 70.9 cm³/mol. The summed E-state index contributed by atoms with van der Waals surface area (Å²) >= 11 is 5.44. The number of anilines is 1. The van der Waals surface area contributed by atoms with Crippen molar-refractivity contribution in [2.75, 3.05) is 16.4 Å². The molecule has 1 aromatic rings. The number of nitrogens with one attached hydrogen (secondary N) is 1. The van der Waals surface area contributed by atoms with Gasteiger partial charge in [-0.2, -0.15) is 0 Å². The number of aryl methyl sites for hydroxylation is 1. The second-order valence-corrected chi connectivity index (χ2v) is 6.02. The van der Waals surface area contributed by atoms with Crippen molar-refractivity contribution < 1.29 is 18.3 Å². The summed E-state index contributed by atoms with van der Waals surface area (Å²) in [5.41, 5.74) is 0.981. The minimum absolute atomic E-state index is 0.0376. The number of aromatic carboxylic acids is 1. The number of carboxylic acid groups (broad SMARTS) is 1. The summed E-state index contributed by atoms with van der Waals surface area (Å²) in [6.07, 6.45) is 0.342. The molecular formula is C11H14ClNO4S. The number of carboxylic acids is 1. The van der Waals surface area contributed by atoms with Gasteiger partial charge in [0, 0.05) is 5.88 Å². The number of halogens is 1. The van der Waals surface area contributed by atoms with E-state index in [0.717, 1.165) is 0 Å². The lowest BCUT2D eigenvalue weighted by atomic mass is 10.1. The number of rotatable bonds is 6. The Labute approximate surface area is 111 Å². The Balaban J connectivity index is 2.96. The minimum atomic E-state index is -3.49. The van der Waals surface area contributed by atoms with Crippen LogP contribution in [0.15, 0.2) is 18.2 Å². The fraction of sp³-hybridized carbons (Fsp3) is 0.364. The van der Waals surface area contributed by atoms with Gasteiger partial charge in [0.15, 0.2) is 0 Å². The van der Waals surface area contributed by atoms with Crippen molar-refractivity contribution in [1.29, 1.82) is 0 Å². The van der Waals surface area contributed by atoms with Crippen molar-refractivity contribution in [3.05, 3.63) is 29.3 Å². The Morgan fingerprint density at radius 2 is 2.11 bits per heavy atom. The van der Waals surface area contributed by atoms with Crippen LogP contribution in [0.4, 0.5) is 5.69 Å². The van der Waals surface area contributed by atoms with Gasteiger partial charge in [-0.1, -0.05) is 6.07 Å². The van der Waals surface area contributed by atoms with Gasteiger partial charge in [0.05, 0.1) is 17.0 Å². The highest BCUT2D eigenvalue weighted by Crippen LogP contribution is 2.18. The number of sulfonamides is 1. The average molecular weight is 292 g/mol. The lowest BCUT2D eigenvalue weighted by Crippen LogP contribution is -2.18. The number of hydrogen-bond acceptors (Lipinski definition) is 3. The number of hydrogen-bond donors (Lipinski definition) is 2. The molecule has 1 aromatic carbocycles. The van der Waals surface area contributed by atoms with E-state index < -0.39 is 16.0 Å². The first kappa shape index (κ1) is 14.8. The summed E-state index contributed by atoms with van der Waals surface area (Å²) < 4.78 is 25.7. The molecule has 0 bridgehead atoms. The zero-order valence-corrected chi connectivity index (χ0v) is 11.4. The van der Waals surface area contributed by atoms with E-state index >= 15 is 0 Å². The molecule has 0 aliphatic carbocycles. The summed E-state index contributed by atoms with van der Waals surface area (Å²) in [6.45, 7) is 1.70. The predicted octanol–water partition coefficient (Wildman–Crippen LogP) is 2.06. The molecule has 0 unspecified atom stereocenters. The molecule has 0 heterocycles. The summed E-state index contributed by atoms with van der Waals surface area (Å²) in [6, 6.07) is 4.28. The zero-order valence-electron chi connectivity index (χ0n) is 9.81. The Hall–Kier alpha value is -1.27. The lowest BCUT2D eigenvalue weighted by Gasteiger charge is -2.10. The molecule has 0 radical (unpaired) electrons. The van der Waals surface area contributed by atoms with Gasteiger partial charge in [-0.3, -0.25) is 4.72 Å². The van der Waals surface area contributed by atoms with Crippen molar-refractivity contribution in [1.82, 2.24) is 0 Å². The van der Waals surface area contributed by atoms with Crippen molar-refractivity contribution >= 4 is 33.3 Å². The van der Waals surface area contributed by atoms with Gasteiger partial charge in [-0.15, -0.1) is 11.6 Å². The molecule has 0 atom stereocenters. The van der Waals surface area contributed by atoms with Crippen molar-refractivity contribution in [3.63, 3.8) is 0 Å². The van der Waals surface area contributed by atoms with E-state index in [9.17, 15) is 13.2 Å². The highest BCUT2D eigenvalue weighted by molar-refractivity contribution is 7.92. The van der Waals surface area contributed by atoms with E-state index in [1.807, 2.05) is 0 Å². The first-order valence-electron chi connectivity index (χ1n) is 5.26. The van der Waals surface area contributed by atoms with Gasteiger partial charge in [0.25, 0.3) is 0 Å². The van der Waals surface area contributed by atoms with Crippen molar-refractivity contribution in [3.8, 4) is 0 Å².